The van der Waals surface area contributed by atoms with Crippen LogP contribution in [0.25, 0.3) is 10.8 Å². The molecule has 1 atom stereocenters. The number of carbonyl (C=O) groups excluding carboxylic acids is 2. The van der Waals surface area contributed by atoms with Gasteiger partial charge in [0.05, 0.1) is 6.54 Å². The van der Waals surface area contributed by atoms with Crippen LogP contribution in [0, 0.1) is 0 Å². The van der Waals surface area contributed by atoms with Crippen LogP contribution in [-0.4, -0.2) is 27.0 Å². The molecule has 0 radical (unpaired) electrons. The minimum atomic E-state index is -1.14. The van der Waals surface area contributed by atoms with Gasteiger partial charge in [0.25, 0.3) is 5.91 Å². The maximum absolute atomic E-state index is 13.1. The summed E-state index contributed by atoms with van der Waals surface area (Å²) < 4.78 is 5.06. The summed E-state index contributed by atoms with van der Waals surface area (Å²) in [5.41, 5.74) is -0.381. The highest BCUT2D eigenvalue weighted by Crippen LogP contribution is 2.34. The van der Waals surface area contributed by atoms with Crippen LogP contribution in [0.15, 0.2) is 47.0 Å². The van der Waals surface area contributed by atoms with Gasteiger partial charge < -0.3 is 9.84 Å². The lowest BCUT2D eigenvalue weighted by molar-refractivity contribution is -0.131. The molecule has 3 aromatic rings. The number of aryl methyl sites for hydroxylation is 1. The molecule has 1 fully saturated rings. The summed E-state index contributed by atoms with van der Waals surface area (Å²) in [5.74, 6) is 0.457. The maximum Gasteiger partial charge on any atom is 0.325 e. The van der Waals surface area contributed by atoms with Crippen molar-refractivity contribution in [2.75, 3.05) is 0 Å². The largest absolute Gasteiger partial charge is 0.339 e. The molecule has 0 saturated carbocycles. The molecule has 1 N–H and O–H groups in total. The van der Waals surface area contributed by atoms with Crippen LogP contribution < -0.4 is 5.32 Å². The minimum absolute atomic E-state index is 0.0193. The Morgan fingerprint density at radius 2 is 1.92 bits per heavy atom. The first-order valence-electron chi connectivity index (χ1n) is 8.46. The number of amides is 3. The Morgan fingerprint density at radius 1 is 1.15 bits per heavy atom. The standard InChI is InChI=1S/C19H18N4O3/c1-3-16-20-15(22-26-16)11-23-17(24)19(2,21-18(23)25)14-10-6-8-12-7-4-5-9-13(12)14/h4-10H,3,11H2,1-2H3,(H,21,25). The van der Waals surface area contributed by atoms with Gasteiger partial charge in [-0.05, 0) is 23.3 Å². The Hall–Kier alpha value is -3.22. The van der Waals surface area contributed by atoms with Gasteiger partial charge in [0.15, 0.2) is 5.82 Å². The number of aromatic nitrogens is 2. The lowest BCUT2D eigenvalue weighted by atomic mass is 9.88. The van der Waals surface area contributed by atoms with Gasteiger partial charge in [-0.25, -0.2) is 4.79 Å². The van der Waals surface area contributed by atoms with Crippen molar-refractivity contribution in [2.45, 2.75) is 32.4 Å². The molecule has 4 rings (SSSR count). The van der Waals surface area contributed by atoms with Crippen molar-refractivity contribution in [3.8, 4) is 0 Å². The monoisotopic (exact) mass is 350 g/mol. The number of urea groups is 1. The molecule has 1 saturated heterocycles. The van der Waals surface area contributed by atoms with Gasteiger partial charge in [0.1, 0.15) is 5.54 Å². The van der Waals surface area contributed by atoms with E-state index in [2.05, 4.69) is 15.5 Å². The van der Waals surface area contributed by atoms with Gasteiger partial charge in [-0.1, -0.05) is 54.5 Å². The van der Waals surface area contributed by atoms with E-state index in [1.807, 2.05) is 49.4 Å². The van der Waals surface area contributed by atoms with Gasteiger partial charge in [0, 0.05) is 6.42 Å². The average Bonchev–Trinajstić information content (AvgIpc) is 3.20. The van der Waals surface area contributed by atoms with E-state index in [0.29, 0.717) is 18.1 Å². The van der Waals surface area contributed by atoms with E-state index in [1.165, 1.54) is 0 Å². The topological polar surface area (TPSA) is 88.3 Å². The third-order valence-corrected chi connectivity index (χ3v) is 4.72. The number of benzene rings is 2. The first-order chi connectivity index (χ1) is 12.5. The SMILES string of the molecule is CCc1nc(CN2C(=O)NC(C)(c3cccc4ccccc34)C2=O)no1. The van der Waals surface area contributed by atoms with E-state index in [0.717, 1.165) is 21.2 Å². The second-order valence-corrected chi connectivity index (χ2v) is 6.43. The summed E-state index contributed by atoms with van der Waals surface area (Å²) in [5, 5.41) is 8.60. The first kappa shape index (κ1) is 16.3. The van der Waals surface area contributed by atoms with Crippen LogP contribution in [0.2, 0.25) is 0 Å². The average molecular weight is 350 g/mol. The molecule has 3 amide bonds. The van der Waals surface area contributed by atoms with Gasteiger partial charge in [-0.15, -0.1) is 0 Å². The molecule has 1 aliphatic rings. The van der Waals surface area contributed by atoms with Gasteiger partial charge in [0.2, 0.25) is 5.89 Å². The molecule has 0 spiro atoms. The van der Waals surface area contributed by atoms with Crippen molar-refractivity contribution in [2.24, 2.45) is 0 Å². The van der Waals surface area contributed by atoms with E-state index in [-0.39, 0.29) is 12.5 Å². The Kier molecular flexibility index (Phi) is 3.72. The van der Waals surface area contributed by atoms with Crippen LogP contribution in [0.4, 0.5) is 4.79 Å². The molecule has 1 aliphatic heterocycles. The van der Waals surface area contributed by atoms with E-state index in [4.69, 9.17) is 4.52 Å². The fraction of sp³-hybridized carbons (Fsp3) is 0.263. The highest BCUT2D eigenvalue weighted by Gasteiger charge is 2.49. The number of fused-ring (bicyclic) bond motifs is 1. The molecule has 132 valence electrons. The molecule has 2 heterocycles. The van der Waals surface area contributed by atoms with E-state index >= 15 is 0 Å². The molecule has 26 heavy (non-hydrogen) atoms. The van der Waals surface area contributed by atoms with Crippen molar-refractivity contribution >= 4 is 22.7 Å². The Morgan fingerprint density at radius 3 is 2.69 bits per heavy atom. The molecule has 0 bridgehead atoms. The quantitative estimate of drug-likeness (QED) is 0.731. The molecule has 2 aromatic carbocycles. The van der Waals surface area contributed by atoms with Crippen molar-refractivity contribution in [3.63, 3.8) is 0 Å². The predicted molar refractivity (Wildman–Crippen MR) is 94.1 cm³/mol. The normalized spacial score (nSPS) is 20.0. The van der Waals surface area contributed by atoms with Crippen molar-refractivity contribution < 1.29 is 14.1 Å². The highest BCUT2D eigenvalue weighted by molar-refractivity contribution is 6.09. The second-order valence-electron chi connectivity index (χ2n) is 6.43. The zero-order valence-electron chi connectivity index (χ0n) is 14.5. The van der Waals surface area contributed by atoms with Crippen molar-refractivity contribution in [1.29, 1.82) is 0 Å². The van der Waals surface area contributed by atoms with E-state index < -0.39 is 11.6 Å². The van der Waals surface area contributed by atoms with Crippen LogP contribution in [-0.2, 0) is 23.3 Å². The predicted octanol–water partition coefficient (Wildman–Crippen LogP) is 2.75. The van der Waals surface area contributed by atoms with E-state index in [9.17, 15) is 9.59 Å². The summed E-state index contributed by atoms with van der Waals surface area (Å²) in [6, 6.07) is 13.1. The van der Waals surface area contributed by atoms with Crippen LogP contribution in [0.3, 0.4) is 0 Å². The number of rotatable bonds is 4. The van der Waals surface area contributed by atoms with Gasteiger partial charge in [-0.3, -0.25) is 9.69 Å². The molecule has 7 heteroatoms. The molecular formula is C19H18N4O3. The van der Waals surface area contributed by atoms with Gasteiger partial charge >= 0.3 is 6.03 Å². The van der Waals surface area contributed by atoms with Gasteiger partial charge in [-0.2, -0.15) is 4.98 Å². The first-order valence-corrected chi connectivity index (χ1v) is 8.46. The number of nitrogens with zero attached hydrogens (tertiary/aromatic N) is 3. The zero-order valence-corrected chi connectivity index (χ0v) is 14.5. The molecule has 1 unspecified atom stereocenters. The van der Waals surface area contributed by atoms with Crippen molar-refractivity contribution in [3.05, 3.63) is 59.7 Å². The van der Waals surface area contributed by atoms with E-state index in [1.54, 1.807) is 6.92 Å². The number of hydrogen-bond acceptors (Lipinski definition) is 5. The minimum Gasteiger partial charge on any atom is -0.339 e. The lowest BCUT2D eigenvalue weighted by Gasteiger charge is -2.23. The smallest absolute Gasteiger partial charge is 0.325 e. The van der Waals surface area contributed by atoms with Crippen molar-refractivity contribution in [1.82, 2.24) is 20.4 Å². The zero-order chi connectivity index (χ0) is 18.3. The van der Waals surface area contributed by atoms with Crippen LogP contribution >= 0.6 is 0 Å². The number of imide groups is 1. The van der Waals surface area contributed by atoms with Crippen LogP contribution in [0.1, 0.15) is 31.1 Å². The molecule has 0 aliphatic carbocycles. The maximum atomic E-state index is 13.1. The summed E-state index contributed by atoms with van der Waals surface area (Å²) in [4.78, 5) is 30.9. The fourth-order valence-corrected chi connectivity index (χ4v) is 3.32. The fourth-order valence-electron chi connectivity index (χ4n) is 3.32. The third-order valence-electron chi connectivity index (χ3n) is 4.72. The molecular weight excluding hydrogens is 332 g/mol. The lowest BCUT2D eigenvalue weighted by Crippen LogP contribution is -2.41. The summed E-state index contributed by atoms with van der Waals surface area (Å²) in [7, 11) is 0. The Labute approximate surface area is 150 Å². The Bertz CT molecular complexity index is 1010. The number of carbonyl (C=O) groups is 2. The third kappa shape index (κ3) is 2.44. The summed E-state index contributed by atoms with van der Waals surface area (Å²) in [6.07, 6.45) is 0.598. The molecule has 7 nitrogen and oxygen atoms in total. The van der Waals surface area contributed by atoms with Crippen LogP contribution in [0.5, 0.6) is 0 Å². The molecule has 1 aromatic heterocycles. The number of hydrogen-bond donors (Lipinski definition) is 1. The second kappa shape index (κ2) is 5.94. The highest BCUT2D eigenvalue weighted by atomic mass is 16.5. The summed E-state index contributed by atoms with van der Waals surface area (Å²) >= 11 is 0. The summed E-state index contributed by atoms with van der Waals surface area (Å²) in [6.45, 7) is 3.60. The number of nitrogens with one attached hydrogen (secondary N) is 1. The Balaban J connectivity index is 1.71.